The second-order valence-corrected chi connectivity index (χ2v) is 35.1. The smallest absolute Gasteiger partial charge is 0.261 e. The van der Waals surface area contributed by atoms with Gasteiger partial charge in [0.2, 0.25) is 0 Å². The van der Waals surface area contributed by atoms with Crippen LogP contribution in [0.15, 0.2) is 437 Å². The van der Waals surface area contributed by atoms with Gasteiger partial charge in [-0.1, -0.05) is 409 Å². The molecular formula is C118H81B3N4O2. The van der Waals surface area contributed by atoms with Gasteiger partial charge in [0.1, 0.15) is 23.0 Å². The molecule has 0 aliphatic carbocycles. The minimum atomic E-state index is -0.674. The second kappa shape index (κ2) is 29.4. The number of fused-ring (bicyclic) bond motifs is 14. The molecule has 0 fully saturated rings. The first-order chi connectivity index (χ1) is 62.8. The fourth-order valence-corrected chi connectivity index (χ4v) is 21.6. The third-order valence-electron chi connectivity index (χ3n) is 27.1. The molecule has 19 aromatic rings. The van der Waals surface area contributed by atoms with Crippen molar-refractivity contribution < 1.29 is 9.47 Å². The molecule has 9 heteroatoms. The van der Waals surface area contributed by atoms with E-state index in [1.807, 2.05) is 0 Å². The Hall–Kier alpha value is -15.8. The average Bonchev–Trinajstić information content (AvgIpc) is 0.661. The van der Waals surface area contributed by atoms with E-state index in [0.29, 0.717) is 0 Å². The first-order valence-corrected chi connectivity index (χ1v) is 44.2. The number of para-hydroxylation sites is 8. The highest BCUT2D eigenvalue weighted by Crippen LogP contribution is 2.59. The van der Waals surface area contributed by atoms with Crippen LogP contribution in [-0.2, 0) is 5.41 Å². The maximum Gasteiger partial charge on any atom is 0.261 e. The fraction of sp³-hybridized carbons (Fsp3) is 0.0339. The number of nitrogens with zero attached hydrogens (tertiary/aromatic N) is 4. The summed E-state index contributed by atoms with van der Waals surface area (Å²) in [5, 5.41) is 0. The van der Waals surface area contributed by atoms with Crippen molar-refractivity contribution >= 4 is 138 Å². The van der Waals surface area contributed by atoms with Crippen LogP contribution in [0.25, 0.3) is 89.0 Å². The van der Waals surface area contributed by atoms with Crippen molar-refractivity contribution in [2.75, 3.05) is 19.6 Å². The van der Waals surface area contributed by atoms with E-state index in [-0.39, 0.29) is 13.4 Å². The molecule has 6 nitrogen and oxygen atoms in total. The summed E-state index contributed by atoms with van der Waals surface area (Å²) in [6.45, 7) is 5.81. The molecule has 6 heterocycles. The van der Waals surface area contributed by atoms with Crippen molar-refractivity contribution in [1.82, 2.24) is 0 Å². The van der Waals surface area contributed by atoms with Crippen LogP contribution in [0.4, 0.5) is 68.2 Å². The molecule has 127 heavy (non-hydrogen) atoms. The van der Waals surface area contributed by atoms with Crippen molar-refractivity contribution in [2.24, 2.45) is 0 Å². The van der Waals surface area contributed by atoms with Gasteiger partial charge in [-0.25, -0.2) is 0 Å². The number of benzene rings is 19. The summed E-state index contributed by atoms with van der Waals surface area (Å²) in [5.41, 5.74) is 40.2. The maximum atomic E-state index is 8.82. The summed E-state index contributed by atoms with van der Waals surface area (Å²) in [6, 6.07) is 163. The summed E-state index contributed by atoms with van der Waals surface area (Å²) in [5.74, 6) is 3.25. The molecule has 0 spiro atoms. The third kappa shape index (κ3) is 11.5. The molecule has 0 unspecified atom stereocenters. The predicted octanol–water partition coefficient (Wildman–Crippen LogP) is 25.2. The quantitative estimate of drug-likeness (QED) is 0.113. The molecule has 0 atom stereocenters. The van der Waals surface area contributed by atoms with Crippen molar-refractivity contribution in [3.05, 3.63) is 442 Å². The molecule has 0 radical (unpaired) electrons. The van der Waals surface area contributed by atoms with Gasteiger partial charge in [-0.3, -0.25) is 0 Å². The molecule has 0 aromatic heterocycles. The summed E-state index contributed by atoms with van der Waals surface area (Å²) < 4.78 is 17.6. The van der Waals surface area contributed by atoms with Crippen LogP contribution in [0.2, 0.25) is 0 Å². The number of rotatable bonds is 12. The van der Waals surface area contributed by atoms with E-state index >= 15 is 0 Å². The molecule has 0 N–H and O–H groups in total. The zero-order chi connectivity index (χ0) is 84.1. The highest BCUT2D eigenvalue weighted by atomic mass is 16.5. The Morgan fingerprint density at radius 3 is 0.748 bits per heavy atom. The molecule has 594 valence electrons. The second-order valence-electron chi connectivity index (χ2n) is 35.1. The zero-order valence-electron chi connectivity index (χ0n) is 70.4. The van der Waals surface area contributed by atoms with Crippen LogP contribution in [0.1, 0.15) is 26.3 Å². The van der Waals surface area contributed by atoms with Crippen molar-refractivity contribution in [2.45, 2.75) is 26.2 Å². The normalized spacial score (nSPS) is 13.2. The van der Waals surface area contributed by atoms with Gasteiger partial charge in [0.15, 0.2) is 0 Å². The lowest BCUT2D eigenvalue weighted by Gasteiger charge is -2.50. The average molecular weight is 1620 g/mol. The highest BCUT2D eigenvalue weighted by molar-refractivity contribution is 7.05. The van der Waals surface area contributed by atoms with Crippen LogP contribution in [0.5, 0.6) is 23.0 Å². The van der Waals surface area contributed by atoms with Crippen LogP contribution in [0.3, 0.4) is 0 Å². The molecule has 25 rings (SSSR count). The molecule has 19 aromatic carbocycles. The first kappa shape index (κ1) is 73.9. The summed E-state index contributed by atoms with van der Waals surface area (Å²) in [4.78, 5) is 10.6. The van der Waals surface area contributed by atoms with E-state index in [4.69, 9.17) is 9.47 Å². The molecule has 0 bridgehead atoms. The minimum Gasteiger partial charge on any atom is -0.458 e. The van der Waals surface area contributed by atoms with Gasteiger partial charge in [0.25, 0.3) is 20.1 Å². The van der Waals surface area contributed by atoms with Crippen LogP contribution < -0.4 is 78.2 Å². The predicted molar refractivity (Wildman–Crippen MR) is 534 cm³/mol. The van der Waals surface area contributed by atoms with Crippen LogP contribution in [-0.4, -0.2) is 20.1 Å². The lowest BCUT2D eigenvalue weighted by Crippen LogP contribution is -2.67. The fourth-order valence-electron chi connectivity index (χ4n) is 21.6. The SMILES string of the molecule is CC(C)(C)c1cc2c3c(c1)N(c1c(-c4ccccc4)cccc1-c1ccccc1)c1cc4c5c(c1B3c1c(cc3c6c1Oc1c(cccc1-c1ccccc1)B6c1ccccc1N3c1ccccc1-c1ccccc1)N2c1c(-c2ccccc2)cccc1-c1ccccc1)Oc1c(cccc1-c1ccccc1)B5c1ccccc1N4c1ccccc1-c1ccccc1. The van der Waals surface area contributed by atoms with Gasteiger partial charge in [0.05, 0.1) is 22.7 Å². The number of anilines is 12. The Kier molecular flexibility index (Phi) is 17.1. The Labute approximate surface area is 742 Å². The zero-order valence-corrected chi connectivity index (χ0v) is 70.4. The molecular weight excluding hydrogens is 1540 g/mol. The van der Waals surface area contributed by atoms with Crippen molar-refractivity contribution in [3.63, 3.8) is 0 Å². The van der Waals surface area contributed by atoms with Crippen LogP contribution in [0, 0.1) is 0 Å². The molecule has 0 saturated heterocycles. The lowest BCUT2D eigenvalue weighted by molar-refractivity contribution is 0.492. The van der Waals surface area contributed by atoms with Gasteiger partial charge in [-0.05, 0) is 153 Å². The van der Waals surface area contributed by atoms with Gasteiger partial charge >= 0.3 is 0 Å². The van der Waals surface area contributed by atoms with Crippen LogP contribution >= 0.6 is 0 Å². The maximum absolute atomic E-state index is 8.82. The van der Waals surface area contributed by atoms with E-state index in [9.17, 15) is 0 Å². The first-order valence-electron chi connectivity index (χ1n) is 44.2. The van der Waals surface area contributed by atoms with Crippen molar-refractivity contribution in [3.8, 4) is 112 Å². The molecule has 0 saturated carbocycles. The summed E-state index contributed by atoms with van der Waals surface area (Å²) in [6.07, 6.45) is 0. The lowest BCUT2D eigenvalue weighted by atomic mass is 9.28. The Bertz CT molecular complexity index is 7090. The summed E-state index contributed by atoms with van der Waals surface area (Å²) in [7, 11) is 0. The van der Waals surface area contributed by atoms with E-state index in [2.05, 4.69) is 477 Å². The Morgan fingerprint density at radius 1 is 0.181 bits per heavy atom. The monoisotopic (exact) mass is 1620 g/mol. The standard InChI is InChI=1S/C118H81B3N4O2/c1-118(2,3)84-72-101-107-102(73-84)125(113-89(80-48-20-8-21-49-80)60-37-61-90(113)81-50-22-9-23-51-81)106-75-104-109-117(127-115-92(83-54-26-11-27-55-83)63-39-67-96(115)120(109)94-65-31-35-71-100(94)123(104)98-69-33-29-57-86(98)77-42-14-5-15-43-77)111(106)121(107)110-105(124(101)112-87(78-44-16-6-17-45-78)58-36-59-88(112)79-46-18-7-19-47-79)74-103-108-116(110)126-114-91(82-52-24-10-25-53-82)62-38-66-95(114)119(108)93-64-30-34-70-99(93)122(103)97-68-32-28-56-85(97)76-40-12-4-13-41-76/h4-75H,1-3H3. The van der Waals surface area contributed by atoms with Gasteiger partial charge in [-0.15, -0.1) is 0 Å². The minimum absolute atomic E-state index is 0.351. The highest BCUT2D eigenvalue weighted by Gasteiger charge is 2.56. The largest absolute Gasteiger partial charge is 0.458 e. The van der Waals surface area contributed by atoms with Crippen molar-refractivity contribution in [1.29, 1.82) is 0 Å². The number of hydrogen-bond acceptors (Lipinski definition) is 6. The van der Waals surface area contributed by atoms with Gasteiger partial charge in [0, 0.05) is 90.0 Å². The number of hydrogen-bond donors (Lipinski definition) is 0. The number of ether oxygens (including phenoxy) is 2. The van der Waals surface area contributed by atoms with E-state index < -0.39 is 12.1 Å². The molecule has 6 aliphatic rings. The van der Waals surface area contributed by atoms with E-state index in [1.165, 1.54) is 10.9 Å². The van der Waals surface area contributed by atoms with Gasteiger partial charge < -0.3 is 29.1 Å². The molecule has 6 aliphatic heterocycles. The summed E-state index contributed by atoms with van der Waals surface area (Å²) >= 11 is 0. The Balaban J connectivity index is 0.921. The van der Waals surface area contributed by atoms with Gasteiger partial charge in [-0.2, -0.15) is 0 Å². The third-order valence-corrected chi connectivity index (χ3v) is 27.1. The Morgan fingerprint density at radius 2 is 0.417 bits per heavy atom. The van der Waals surface area contributed by atoms with E-state index in [0.717, 1.165) is 224 Å². The topological polar surface area (TPSA) is 31.4 Å². The van der Waals surface area contributed by atoms with E-state index in [1.54, 1.807) is 0 Å². The molecule has 0 amide bonds.